The number of hydrogen-bond acceptors (Lipinski definition) is 4. The van der Waals surface area contributed by atoms with Crippen molar-refractivity contribution in [2.24, 2.45) is 0 Å². The van der Waals surface area contributed by atoms with E-state index in [1.54, 1.807) is 17.0 Å². The van der Waals surface area contributed by atoms with Gasteiger partial charge in [0.05, 0.1) is 12.6 Å². The molecule has 1 saturated heterocycles. The molecular weight excluding hydrogens is 230 g/mol. The standard InChI is InChI=1S/C13H21N3O2/c1-2-7-15-9-6-14-12(13(15)18)16-8-4-3-5-11(16)10-17/h6,9,11,17H,2-5,7-8,10H2,1H3. The molecule has 1 fully saturated rings. The van der Waals surface area contributed by atoms with Crippen molar-refractivity contribution in [2.45, 2.75) is 45.2 Å². The van der Waals surface area contributed by atoms with E-state index in [0.29, 0.717) is 12.4 Å². The fourth-order valence-corrected chi connectivity index (χ4v) is 2.52. The van der Waals surface area contributed by atoms with Crippen molar-refractivity contribution in [3.05, 3.63) is 22.7 Å². The first kappa shape index (κ1) is 13.1. The lowest BCUT2D eigenvalue weighted by atomic mass is 10.0. The Morgan fingerprint density at radius 2 is 2.33 bits per heavy atom. The first-order valence-electron chi connectivity index (χ1n) is 6.71. The second-order valence-electron chi connectivity index (χ2n) is 4.77. The van der Waals surface area contributed by atoms with Crippen LogP contribution in [0.2, 0.25) is 0 Å². The van der Waals surface area contributed by atoms with E-state index in [1.807, 2.05) is 11.8 Å². The number of aromatic nitrogens is 2. The van der Waals surface area contributed by atoms with Crippen molar-refractivity contribution in [2.75, 3.05) is 18.1 Å². The van der Waals surface area contributed by atoms with E-state index in [4.69, 9.17) is 0 Å². The van der Waals surface area contributed by atoms with Gasteiger partial charge in [-0.25, -0.2) is 4.98 Å². The van der Waals surface area contributed by atoms with Crippen LogP contribution in [0.4, 0.5) is 5.82 Å². The summed E-state index contributed by atoms with van der Waals surface area (Å²) in [6, 6.07) is 0.0384. The molecule has 0 spiro atoms. The number of aryl methyl sites for hydroxylation is 1. The van der Waals surface area contributed by atoms with Gasteiger partial charge in [0.15, 0.2) is 5.82 Å². The van der Waals surface area contributed by atoms with Gasteiger partial charge in [-0.15, -0.1) is 0 Å². The Hall–Kier alpha value is -1.36. The van der Waals surface area contributed by atoms with Crippen LogP contribution in [0.15, 0.2) is 17.2 Å². The molecule has 1 aliphatic heterocycles. The first-order valence-corrected chi connectivity index (χ1v) is 6.71. The molecule has 1 unspecified atom stereocenters. The molecule has 0 aliphatic carbocycles. The zero-order valence-electron chi connectivity index (χ0n) is 10.9. The van der Waals surface area contributed by atoms with Crippen LogP contribution in [0, 0.1) is 0 Å². The third-order valence-corrected chi connectivity index (χ3v) is 3.47. The molecule has 5 nitrogen and oxygen atoms in total. The number of piperidine rings is 1. The van der Waals surface area contributed by atoms with Crippen molar-refractivity contribution in [1.82, 2.24) is 9.55 Å². The second-order valence-corrected chi connectivity index (χ2v) is 4.77. The molecule has 1 aromatic rings. The van der Waals surface area contributed by atoms with Crippen LogP contribution in [0.3, 0.4) is 0 Å². The largest absolute Gasteiger partial charge is 0.394 e. The quantitative estimate of drug-likeness (QED) is 0.867. The number of hydrogen-bond donors (Lipinski definition) is 1. The van der Waals surface area contributed by atoms with Crippen LogP contribution in [-0.4, -0.2) is 33.9 Å². The summed E-state index contributed by atoms with van der Waals surface area (Å²) in [5.74, 6) is 0.490. The van der Waals surface area contributed by atoms with Crippen molar-refractivity contribution in [1.29, 1.82) is 0 Å². The van der Waals surface area contributed by atoms with Gasteiger partial charge < -0.3 is 14.6 Å². The van der Waals surface area contributed by atoms with Crippen molar-refractivity contribution in [3.63, 3.8) is 0 Å². The van der Waals surface area contributed by atoms with E-state index in [-0.39, 0.29) is 18.2 Å². The molecule has 0 radical (unpaired) electrons. The van der Waals surface area contributed by atoms with Gasteiger partial charge in [0.1, 0.15) is 0 Å². The summed E-state index contributed by atoms with van der Waals surface area (Å²) in [6.45, 7) is 3.66. The number of anilines is 1. The Morgan fingerprint density at radius 3 is 3.06 bits per heavy atom. The molecule has 0 saturated carbocycles. The van der Waals surface area contributed by atoms with Crippen LogP contribution in [-0.2, 0) is 6.54 Å². The van der Waals surface area contributed by atoms with Crippen LogP contribution in [0.5, 0.6) is 0 Å². The topological polar surface area (TPSA) is 58.4 Å². The Kier molecular flexibility index (Phi) is 4.36. The van der Waals surface area contributed by atoms with E-state index in [9.17, 15) is 9.90 Å². The maximum absolute atomic E-state index is 12.3. The molecule has 0 amide bonds. The Morgan fingerprint density at radius 1 is 1.50 bits per heavy atom. The van der Waals surface area contributed by atoms with Crippen molar-refractivity contribution >= 4 is 5.82 Å². The van der Waals surface area contributed by atoms with Gasteiger partial charge in [-0.05, 0) is 25.7 Å². The van der Waals surface area contributed by atoms with E-state index in [0.717, 1.165) is 32.2 Å². The third kappa shape index (κ3) is 2.56. The fraction of sp³-hybridized carbons (Fsp3) is 0.692. The maximum Gasteiger partial charge on any atom is 0.293 e. The number of aliphatic hydroxyl groups excluding tert-OH is 1. The minimum absolute atomic E-state index is 0.0384. The van der Waals surface area contributed by atoms with Gasteiger partial charge in [0.2, 0.25) is 0 Å². The van der Waals surface area contributed by atoms with Gasteiger partial charge in [0.25, 0.3) is 5.56 Å². The van der Waals surface area contributed by atoms with Crippen molar-refractivity contribution in [3.8, 4) is 0 Å². The molecular formula is C13H21N3O2. The summed E-state index contributed by atoms with van der Waals surface area (Å²) in [4.78, 5) is 18.5. The van der Waals surface area contributed by atoms with Gasteiger partial charge in [0, 0.05) is 25.5 Å². The minimum atomic E-state index is -0.0419. The van der Waals surface area contributed by atoms with Gasteiger partial charge in [-0.2, -0.15) is 0 Å². The van der Waals surface area contributed by atoms with Crippen LogP contribution in [0.25, 0.3) is 0 Å². The Balaban J connectivity index is 2.31. The Labute approximate surface area is 107 Å². The summed E-state index contributed by atoms with van der Waals surface area (Å²) in [6.07, 6.45) is 7.42. The highest BCUT2D eigenvalue weighted by molar-refractivity contribution is 5.37. The highest BCUT2D eigenvalue weighted by atomic mass is 16.3. The summed E-state index contributed by atoms with van der Waals surface area (Å²) in [7, 11) is 0. The molecule has 1 aromatic heterocycles. The fourth-order valence-electron chi connectivity index (χ4n) is 2.52. The lowest BCUT2D eigenvalue weighted by Crippen LogP contribution is -2.45. The van der Waals surface area contributed by atoms with E-state index < -0.39 is 0 Å². The summed E-state index contributed by atoms with van der Waals surface area (Å²) >= 11 is 0. The zero-order valence-corrected chi connectivity index (χ0v) is 10.9. The number of rotatable bonds is 4. The average Bonchev–Trinajstić information content (AvgIpc) is 2.41. The molecule has 2 heterocycles. The number of nitrogens with zero attached hydrogens (tertiary/aromatic N) is 3. The van der Waals surface area contributed by atoms with Crippen LogP contribution < -0.4 is 10.5 Å². The highest BCUT2D eigenvalue weighted by Crippen LogP contribution is 2.20. The lowest BCUT2D eigenvalue weighted by Gasteiger charge is -2.35. The molecule has 1 atom stereocenters. The summed E-state index contributed by atoms with van der Waals surface area (Å²) < 4.78 is 1.70. The smallest absolute Gasteiger partial charge is 0.293 e. The summed E-state index contributed by atoms with van der Waals surface area (Å²) in [5, 5.41) is 9.41. The SMILES string of the molecule is CCCn1ccnc(N2CCCCC2CO)c1=O. The minimum Gasteiger partial charge on any atom is -0.394 e. The van der Waals surface area contributed by atoms with Gasteiger partial charge in [-0.1, -0.05) is 6.92 Å². The highest BCUT2D eigenvalue weighted by Gasteiger charge is 2.25. The van der Waals surface area contributed by atoms with Gasteiger partial charge >= 0.3 is 0 Å². The summed E-state index contributed by atoms with van der Waals surface area (Å²) in [5.41, 5.74) is -0.0419. The average molecular weight is 251 g/mol. The normalized spacial score (nSPS) is 20.1. The molecule has 0 bridgehead atoms. The van der Waals surface area contributed by atoms with Crippen LogP contribution >= 0.6 is 0 Å². The molecule has 1 N–H and O–H groups in total. The van der Waals surface area contributed by atoms with Crippen molar-refractivity contribution < 1.29 is 5.11 Å². The van der Waals surface area contributed by atoms with E-state index >= 15 is 0 Å². The van der Waals surface area contributed by atoms with E-state index in [1.165, 1.54) is 0 Å². The molecule has 1 aliphatic rings. The molecule has 18 heavy (non-hydrogen) atoms. The second kappa shape index (κ2) is 6.00. The number of aliphatic hydroxyl groups is 1. The maximum atomic E-state index is 12.3. The first-order chi connectivity index (χ1) is 8.77. The molecule has 5 heteroatoms. The zero-order chi connectivity index (χ0) is 13.0. The van der Waals surface area contributed by atoms with Gasteiger partial charge in [-0.3, -0.25) is 4.79 Å². The lowest BCUT2D eigenvalue weighted by molar-refractivity contribution is 0.239. The van der Waals surface area contributed by atoms with E-state index in [2.05, 4.69) is 4.98 Å². The molecule has 0 aromatic carbocycles. The van der Waals surface area contributed by atoms with Crippen LogP contribution in [0.1, 0.15) is 32.6 Å². The monoisotopic (exact) mass is 251 g/mol. The predicted octanol–water partition coefficient (Wildman–Crippen LogP) is 1.00. The predicted molar refractivity (Wildman–Crippen MR) is 70.9 cm³/mol. The molecule has 100 valence electrons. The third-order valence-electron chi connectivity index (χ3n) is 3.47. The Bertz CT molecular complexity index is 444. The molecule has 2 rings (SSSR count).